The lowest BCUT2D eigenvalue weighted by Crippen LogP contribution is -2.09. The molecule has 0 spiro atoms. The highest BCUT2D eigenvalue weighted by Crippen LogP contribution is 2.23. The Bertz CT molecular complexity index is 612. The van der Waals surface area contributed by atoms with E-state index >= 15 is 0 Å². The number of hydrogen-bond donors (Lipinski definition) is 0. The zero-order valence-electron chi connectivity index (χ0n) is 11.7. The van der Waals surface area contributed by atoms with Gasteiger partial charge in [0.2, 0.25) is 0 Å². The maximum atomic E-state index is 12.9. The molecule has 1 atom stereocenters. The largest absolute Gasteiger partial charge is 0.378 e. The van der Waals surface area contributed by atoms with Gasteiger partial charge in [-0.25, -0.2) is 4.39 Å². The Kier molecular flexibility index (Phi) is 4.37. The molecule has 0 aliphatic rings. The smallest absolute Gasteiger partial charge is 0.123 e. The van der Waals surface area contributed by atoms with Crippen LogP contribution in [-0.4, -0.2) is 14.1 Å². The predicted octanol–water partition coefficient (Wildman–Crippen LogP) is 3.74. The van der Waals surface area contributed by atoms with E-state index < -0.39 is 0 Å². The summed E-state index contributed by atoms with van der Waals surface area (Å²) >= 11 is 0. The molecule has 0 bridgehead atoms. The first-order valence-corrected chi connectivity index (χ1v) is 6.51. The molecule has 0 aliphatic carbocycles. The molecule has 1 unspecified atom stereocenters. The van der Waals surface area contributed by atoms with Crippen molar-refractivity contribution >= 4 is 5.69 Å². The van der Waals surface area contributed by atoms with E-state index in [4.69, 9.17) is 0 Å². The predicted molar refractivity (Wildman–Crippen MR) is 79.2 cm³/mol. The van der Waals surface area contributed by atoms with Gasteiger partial charge in [-0.1, -0.05) is 24.3 Å². The average molecular weight is 268 g/mol. The van der Waals surface area contributed by atoms with Crippen LogP contribution in [-0.2, 0) is 6.42 Å². The highest BCUT2D eigenvalue weighted by Gasteiger charge is 2.12. The molecule has 2 rings (SSSR count). The molecule has 20 heavy (non-hydrogen) atoms. The molecule has 2 aromatic carbocycles. The molecule has 102 valence electrons. The van der Waals surface area contributed by atoms with Crippen molar-refractivity contribution in [2.45, 2.75) is 12.3 Å². The lowest BCUT2D eigenvalue weighted by Gasteiger charge is -2.15. The summed E-state index contributed by atoms with van der Waals surface area (Å²) in [7, 11) is 3.97. The molecular formula is C17H17FN2. The van der Waals surface area contributed by atoms with Gasteiger partial charge in [0.25, 0.3) is 0 Å². The van der Waals surface area contributed by atoms with E-state index in [1.165, 1.54) is 12.1 Å². The van der Waals surface area contributed by atoms with Gasteiger partial charge in [0.15, 0.2) is 0 Å². The molecule has 0 saturated heterocycles. The van der Waals surface area contributed by atoms with Gasteiger partial charge in [-0.05, 0) is 41.8 Å². The summed E-state index contributed by atoms with van der Waals surface area (Å²) in [5, 5.41) is 9.33. The van der Waals surface area contributed by atoms with E-state index in [0.717, 1.165) is 16.8 Å². The SMILES string of the molecule is CN(C)c1cccc(CC(C#N)c2ccc(F)cc2)c1. The standard InChI is InChI=1S/C17H17FN2/c1-20(2)17-5-3-4-13(11-17)10-15(12-19)14-6-8-16(18)9-7-14/h3-9,11,15H,10H2,1-2H3. The van der Waals surface area contributed by atoms with E-state index in [1.54, 1.807) is 12.1 Å². The molecule has 0 radical (unpaired) electrons. The fourth-order valence-corrected chi connectivity index (χ4v) is 2.13. The monoisotopic (exact) mass is 268 g/mol. The van der Waals surface area contributed by atoms with Gasteiger partial charge in [-0.3, -0.25) is 0 Å². The maximum Gasteiger partial charge on any atom is 0.123 e. The Balaban J connectivity index is 2.20. The van der Waals surface area contributed by atoms with Crippen LogP contribution < -0.4 is 4.90 Å². The van der Waals surface area contributed by atoms with Crippen molar-refractivity contribution < 1.29 is 4.39 Å². The first-order chi connectivity index (χ1) is 9.60. The second-order valence-corrected chi connectivity index (χ2v) is 5.00. The second-order valence-electron chi connectivity index (χ2n) is 5.00. The summed E-state index contributed by atoms with van der Waals surface area (Å²) in [6.07, 6.45) is 0.629. The average Bonchev–Trinajstić information content (AvgIpc) is 2.46. The summed E-state index contributed by atoms with van der Waals surface area (Å²) in [6.45, 7) is 0. The van der Waals surface area contributed by atoms with E-state index in [-0.39, 0.29) is 11.7 Å². The van der Waals surface area contributed by atoms with Crippen molar-refractivity contribution in [2.24, 2.45) is 0 Å². The van der Waals surface area contributed by atoms with Crippen molar-refractivity contribution in [2.75, 3.05) is 19.0 Å². The summed E-state index contributed by atoms with van der Waals surface area (Å²) in [6, 6.07) is 16.6. The van der Waals surface area contributed by atoms with Crippen LogP contribution in [0.3, 0.4) is 0 Å². The quantitative estimate of drug-likeness (QED) is 0.844. The van der Waals surface area contributed by atoms with Gasteiger partial charge in [0.05, 0.1) is 12.0 Å². The number of hydrogen-bond acceptors (Lipinski definition) is 2. The summed E-state index contributed by atoms with van der Waals surface area (Å²) in [4.78, 5) is 2.03. The Hall–Kier alpha value is -2.34. The molecule has 3 heteroatoms. The normalized spacial score (nSPS) is 11.7. The zero-order chi connectivity index (χ0) is 14.5. The number of anilines is 1. The van der Waals surface area contributed by atoms with E-state index in [2.05, 4.69) is 12.1 Å². The molecule has 0 heterocycles. The molecule has 2 aromatic rings. The molecule has 0 fully saturated rings. The Labute approximate surface area is 119 Å². The summed E-state index contributed by atoms with van der Waals surface area (Å²) < 4.78 is 12.9. The molecular weight excluding hydrogens is 251 g/mol. The van der Waals surface area contributed by atoms with Gasteiger partial charge < -0.3 is 4.90 Å². The van der Waals surface area contributed by atoms with Crippen LogP contribution in [0.15, 0.2) is 48.5 Å². The number of rotatable bonds is 4. The minimum Gasteiger partial charge on any atom is -0.378 e. The highest BCUT2D eigenvalue weighted by molar-refractivity contribution is 5.47. The van der Waals surface area contributed by atoms with E-state index in [0.29, 0.717) is 6.42 Å². The highest BCUT2D eigenvalue weighted by atomic mass is 19.1. The third kappa shape index (κ3) is 3.36. The zero-order valence-corrected chi connectivity index (χ0v) is 11.7. The number of benzene rings is 2. The molecule has 0 saturated carbocycles. The van der Waals surface area contributed by atoms with Crippen LogP contribution in [0.25, 0.3) is 0 Å². The lowest BCUT2D eigenvalue weighted by atomic mass is 9.93. The molecule has 0 amide bonds. The fraction of sp³-hybridized carbons (Fsp3) is 0.235. The molecule has 2 nitrogen and oxygen atoms in total. The minimum atomic E-state index is -0.278. The Morgan fingerprint density at radius 2 is 1.85 bits per heavy atom. The van der Waals surface area contributed by atoms with E-state index in [9.17, 15) is 9.65 Å². The van der Waals surface area contributed by atoms with Crippen molar-refractivity contribution in [3.63, 3.8) is 0 Å². The maximum absolute atomic E-state index is 12.9. The topological polar surface area (TPSA) is 27.0 Å². The van der Waals surface area contributed by atoms with Crippen LogP contribution in [0.5, 0.6) is 0 Å². The van der Waals surface area contributed by atoms with Crippen molar-refractivity contribution in [1.82, 2.24) is 0 Å². The third-order valence-corrected chi connectivity index (χ3v) is 3.30. The second kappa shape index (κ2) is 6.21. The number of nitrogens with zero attached hydrogens (tertiary/aromatic N) is 2. The van der Waals surface area contributed by atoms with Crippen LogP contribution in [0.4, 0.5) is 10.1 Å². The van der Waals surface area contributed by atoms with E-state index in [1.807, 2.05) is 37.2 Å². The minimum absolute atomic E-state index is 0.256. The van der Waals surface area contributed by atoms with Crippen molar-refractivity contribution in [1.29, 1.82) is 5.26 Å². The van der Waals surface area contributed by atoms with Crippen molar-refractivity contribution in [3.8, 4) is 6.07 Å². The number of halogens is 1. The lowest BCUT2D eigenvalue weighted by molar-refractivity contribution is 0.626. The van der Waals surface area contributed by atoms with Crippen molar-refractivity contribution in [3.05, 3.63) is 65.5 Å². The van der Waals surface area contributed by atoms with Gasteiger partial charge in [-0.2, -0.15) is 5.26 Å². The third-order valence-electron chi connectivity index (χ3n) is 3.30. The van der Waals surface area contributed by atoms with Crippen LogP contribution in [0.2, 0.25) is 0 Å². The van der Waals surface area contributed by atoms with Crippen LogP contribution >= 0.6 is 0 Å². The van der Waals surface area contributed by atoms with Crippen LogP contribution in [0, 0.1) is 17.1 Å². The number of nitriles is 1. The fourth-order valence-electron chi connectivity index (χ4n) is 2.13. The first-order valence-electron chi connectivity index (χ1n) is 6.51. The molecule has 0 aromatic heterocycles. The Morgan fingerprint density at radius 1 is 1.15 bits per heavy atom. The van der Waals surface area contributed by atoms with Gasteiger partial charge in [-0.15, -0.1) is 0 Å². The van der Waals surface area contributed by atoms with Gasteiger partial charge >= 0.3 is 0 Å². The first kappa shape index (κ1) is 14.1. The van der Waals surface area contributed by atoms with Gasteiger partial charge in [0.1, 0.15) is 5.82 Å². The molecule has 0 aliphatic heterocycles. The Morgan fingerprint density at radius 3 is 2.45 bits per heavy atom. The van der Waals surface area contributed by atoms with Gasteiger partial charge in [0, 0.05) is 19.8 Å². The summed E-state index contributed by atoms with van der Waals surface area (Å²) in [5.41, 5.74) is 3.06. The van der Waals surface area contributed by atoms with Crippen LogP contribution in [0.1, 0.15) is 17.0 Å². The summed E-state index contributed by atoms with van der Waals surface area (Å²) in [5.74, 6) is -0.534. The molecule has 0 N–H and O–H groups in total.